The van der Waals surface area contributed by atoms with Crippen molar-refractivity contribution in [2.45, 2.75) is 38.1 Å². The predicted molar refractivity (Wildman–Crippen MR) is 78.1 cm³/mol. The molecule has 1 amide bonds. The molecule has 0 bridgehead atoms. The van der Waals surface area contributed by atoms with Crippen molar-refractivity contribution >= 4 is 21.7 Å². The van der Waals surface area contributed by atoms with Gasteiger partial charge >= 0.3 is 5.97 Å². The molecule has 0 saturated carbocycles. The minimum atomic E-state index is -3.70. The number of benzene rings is 1. The molecule has 0 aromatic heterocycles. The fourth-order valence-electron chi connectivity index (χ4n) is 1.80. The number of carbonyl (C=O) groups is 2. The molecule has 1 aromatic rings. The molecule has 6 nitrogen and oxygen atoms in total. The van der Waals surface area contributed by atoms with Crippen LogP contribution >= 0.6 is 0 Å². The van der Waals surface area contributed by atoms with Crippen LogP contribution in [0.5, 0.6) is 0 Å². The van der Waals surface area contributed by atoms with Gasteiger partial charge in [0.25, 0.3) is 0 Å². The van der Waals surface area contributed by atoms with E-state index in [4.69, 9.17) is 5.11 Å². The Labute approximate surface area is 124 Å². The van der Waals surface area contributed by atoms with Gasteiger partial charge in [0.15, 0.2) is 9.84 Å². The van der Waals surface area contributed by atoms with Crippen LogP contribution in [0.1, 0.15) is 36.2 Å². The van der Waals surface area contributed by atoms with E-state index in [0.29, 0.717) is 5.56 Å². The molecule has 116 valence electrons. The van der Waals surface area contributed by atoms with Gasteiger partial charge in [0, 0.05) is 12.5 Å². The van der Waals surface area contributed by atoms with Gasteiger partial charge in [0.1, 0.15) is 0 Å². The summed E-state index contributed by atoms with van der Waals surface area (Å²) in [6.07, 6.45) is -0.156. The zero-order chi connectivity index (χ0) is 16.2. The molecular weight excluding hydrogens is 294 g/mol. The highest BCUT2D eigenvalue weighted by Gasteiger charge is 2.20. The summed E-state index contributed by atoms with van der Waals surface area (Å²) in [5.74, 6) is -1.89. The van der Waals surface area contributed by atoms with Gasteiger partial charge in [-0.1, -0.05) is 6.07 Å². The topological polar surface area (TPSA) is 101 Å². The number of carboxylic acid groups (broad SMARTS) is 1. The Morgan fingerprint density at radius 2 is 1.90 bits per heavy atom. The predicted octanol–water partition coefficient (Wildman–Crippen LogP) is 1.38. The maximum absolute atomic E-state index is 12.2. The number of amides is 1. The quantitative estimate of drug-likeness (QED) is 0.826. The van der Waals surface area contributed by atoms with Crippen molar-refractivity contribution in [3.8, 4) is 0 Å². The van der Waals surface area contributed by atoms with Crippen molar-refractivity contribution < 1.29 is 23.1 Å². The normalized spacial score (nSPS) is 11.4. The van der Waals surface area contributed by atoms with Crippen LogP contribution in [-0.4, -0.2) is 37.2 Å². The van der Waals surface area contributed by atoms with E-state index in [2.05, 4.69) is 5.32 Å². The third kappa shape index (κ3) is 4.86. The van der Waals surface area contributed by atoms with E-state index in [1.165, 1.54) is 12.1 Å². The molecule has 0 aliphatic rings. The second-order valence-electron chi connectivity index (χ2n) is 5.08. The molecule has 0 aliphatic heterocycles. The van der Waals surface area contributed by atoms with Crippen LogP contribution in [0.4, 0.5) is 0 Å². The number of aryl methyl sites for hydroxylation is 1. The molecule has 0 fully saturated rings. The number of hydrogen-bond acceptors (Lipinski definition) is 4. The Kier molecular flexibility index (Phi) is 5.48. The van der Waals surface area contributed by atoms with Gasteiger partial charge < -0.3 is 10.4 Å². The van der Waals surface area contributed by atoms with E-state index in [1.54, 1.807) is 20.8 Å². The minimum Gasteiger partial charge on any atom is -0.478 e. The molecule has 0 atom stereocenters. The fourth-order valence-corrected chi connectivity index (χ4v) is 3.34. The standard InChI is InChI=1S/C14H19NO5S/c1-9(2)15-13(16)6-7-21(19,20)12-8-11(14(17)18)5-4-10(12)3/h4-5,8-9H,6-7H2,1-3H3,(H,15,16)(H,17,18). The summed E-state index contributed by atoms with van der Waals surface area (Å²) in [4.78, 5) is 22.4. The number of rotatable bonds is 6. The first-order chi connectivity index (χ1) is 9.63. The lowest BCUT2D eigenvalue weighted by molar-refractivity contribution is -0.121. The monoisotopic (exact) mass is 313 g/mol. The summed E-state index contributed by atoms with van der Waals surface area (Å²) in [5, 5.41) is 11.5. The number of sulfone groups is 1. The summed E-state index contributed by atoms with van der Waals surface area (Å²) in [6, 6.07) is 3.87. The third-order valence-corrected chi connectivity index (χ3v) is 4.67. The Bertz CT molecular complexity index is 649. The van der Waals surface area contributed by atoms with E-state index in [-0.39, 0.29) is 34.6 Å². The molecule has 7 heteroatoms. The first-order valence-corrected chi connectivity index (χ1v) is 8.15. The van der Waals surface area contributed by atoms with Crippen molar-refractivity contribution in [3.05, 3.63) is 29.3 Å². The Balaban J connectivity index is 2.95. The first-order valence-electron chi connectivity index (χ1n) is 6.49. The number of carboxylic acids is 1. The van der Waals surface area contributed by atoms with E-state index in [1.807, 2.05) is 0 Å². The van der Waals surface area contributed by atoms with Crippen molar-refractivity contribution in [3.63, 3.8) is 0 Å². The van der Waals surface area contributed by atoms with Gasteiger partial charge in [0.2, 0.25) is 5.91 Å². The van der Waals surface area contributed by atoms with Crippen LogP contribution in [0.2, 0.25) is 0 Å². The second-order valence-corrected chi connectivity index (χ2v) is 7.15. The maximum atomic E-state index is 12.2. The van der Waals surface area contributed by atoms with Crippen LogP contribution in [0.25, 0.3) is 0 Å². The number of hydrogen-bond donors (Lipinski definition) is 2. The zero-order valence-electron chi connectivity index (χ0n) is 12.2. The zero-order valence-corrected chi connectivity index (χ0v) is 13.0. The summed E-state index contributed by atoms with van der Waals surface area (Å²) in [6.45, 7) is 5.16. The highest BCUT2D eigenvalue weighted by molar-refractivity contribution is 7.91. The minimum absolute atomic E-state index is 0.0419. The molecule has 0 radical (unpaired) electrons. The van der Waals surface area contributed by atoms with E-state index in [9.17, 15) is 18.0 Å². The van der Waals surface area contributed by atoms with Gasteiger partial charge in [-0.25, -0.2) is 13.2 Å². The lowest BCUT2D eigenvalue weighted by Crippen LogP contribution is -2.31. The molecule has 0 aliphatic carbocycles. The van der Waals surface area contributed by atoms with Crippen LogP contribution in [-0.2, 0) is 14.6 Å². The first kappa shape index (κ1) is 17.2. The van der Waals surface area contributed by atoms with Crippen LogP contribution in [0.15, 0.2) is 23.1 Å². The number of carbonyl (C=O) groups excluding carboxylic acids is 1. The van der Waals surface area contributed by atoms with Crippen molar-refractivity contribution in [1.29, 1.82) is 0 Å². The van der Waals surface area contributed by atoms with Crippen molar-refractivity contribution in [2.24, 2.45) is 0 Å². The molecule has 0 saturated heterocycles. The molecule has 0 unspecified atom stereocenters. The maximum Gasteiger partial charge on any atom is 0.335 e. The van der Waals surface area contributed by atoms with Gasteiger partial charge in [-0.3, -0.25) is 4.79 Å². The third-order valence-electron chi connectivity index (χ3n) is 2.82. The van der Waals surface area contributed by atoms with Crippen molar-refractivity contribution in [1.82, 2.24) is 5.32 Å². The largest absolute Gasteiger partial charge is 0.478 e. The Morgan fingerprint density at radius 3 is 2.43 bits per heavy atom. The molecule has 0 spiro atoms. The SMILES string of the molecule is Cc1ccc(C(=O)O)cc1S(=O)(=O)CCC(=O)NC(C)C. The van der Waals surface area contributed by atoms with Gasteiger partial charge in [-0.15, -0.1) is 0 Å². The molecular formula is C14H19NO5S. The summed E-state index contributed by atoms with van der Waals surface area (Å²) in [7, 11) is -3.70. The van der Waals surface area contributed by atoms with Crippen LogP contribution < -0.4 is 5.32 Å². The molecule has 1 rings (SSSR count). The molecule has 0 heterocycles. The second kappa shape index (κ2) is 6.71. The highest BCUT2D eigenvalue weighted by Crippen LogP contribution is 2.19. The smallest absolute Gasteiger partial charge is 0.335 e. The van der Waals surface area contributed by atoms with Crippen molar-refractivity contribution in [2.75, 3.05) is 5.75 Å². The number of nitrogens with one attached hydrogen (secondary N) is 1. The summed E-state index contributed by atoms with van der Waals surface area (Å²) >= 11 is 0. The van der Waals surface area contributed by atoms with E-state index in [0.717, 1.165) is 6.07 Å². The van der Waals surface area contributed by atoms with Crippen LogP contribution in [0.3, 0.4) is 0 Å². The van der Waals surface area contributed by atoms with E-state index >= 15 is 0 Å². The van der Waals surface area contributed by atoms with Gasteiger partial charge in [-0.2, -0.15) is 0 Å². The summed E-state index contributed by atoms with van der Waals surface area (Å²) in [5.41, 5.74) is 0.370. The Hall–Kier alpha value is -1.89. The molecule has 21 heavy (non-hydrogen) atoms. The van der Waals surface area contributed by atoms with Gasteiger partial charge in [0.05, 0.1) is 16.2 Å². The number of aromatic carboxylic acids is 1. The van der Waals surface area contributed by atoms with Gasteiger partial charge in [-0.05, 0) is 38.5 Å². The highest BCUT2D eigenvalue weighted by atomic mass is 32.2. The average molecular weight is 313 g/mol. The lowest BCUT2D eigenvalue weighted by atomic mass is 10.1. The Morgan fingerprint density at radius 1 is 1.29 bits per heavy atom. The summed E-state index contributed by atoms with van der Waals surface area (Å²) < 4.78 is 24.5. The molecule has 2 N–H and O–H groups in total. The average Bonchev–Trinajstić information content (AvgIpc) is 2.35. The van der Waals surface area contributed by atoms with Crippen LogP contribution in [0, 0.1) is 6.92 Å². The fraction of sp³-hybridized carbons (Fsp3) is 0.429. The van der Waals surface area contributed by atoms with E-state index < -0.39 is 15.8 Å². The molecule has 1 aromatic carbocycles. The lowest BCUT2D eigenvalue weighted by Gasteiger charge is -2.10.